The molecule has 4 heteroatoms. The van der Waals surface area contributed by atoms with Crippen LogP contribution in [0.15, 0.2) is 18.2 Å². The third-order valence-corrected chi connectivity index (χ3v) is 2.82. The lowest BCUT2D eigenvalue weighted by atomic mass is 10.1. The van der Waals surface area contributed by atoms with Gasteiger partial charge in [-0.2, -0.15) is 0 Å². The summed E-state index contributed by atoms with van der Waals surface area (Å²) in [5.41, 5.74) is 4.58. The number of hydrogen-bond donors (Lipinski definition) is 1. The SMILES string of the molecule is CCCNN(C)CCc1ccc(OC)c(OC)c1. The Morgan fingerprint density at radius 1 is 1.17 bits per heavy atom. The summed E-state index contributed by atoms with van der Waals surface area (Å²) in [6, 6.07) is 6.06. The summed E-state index contributed by atoms with van der Waals surface area (Å²) >= 11 is 0. The van der Waals surface area contributed by atoms with Crippen LogP contribution in [0.5, 0.6) is 11.5 Å². The fourth-order valence-corrected chi connectivity index (χ4v) is 1.71. The van der Waals surface area contributed by atoms with E-state index in [9.17, 15) is 0 Å². The fourth-order valence-electron chi connectivity index (χ4n) is 1.71. The minimum Gasteiger partial charge on any atom is -0.493 e. The highest BCUT2D eigenvalue weighted by atomic mass is 16.5. The molecule has 1 N–H and O–H groups in total. The monoisotopic (exact) mass is 252 g/mol. The lowest BCUT2D eigenvalue weighted by molar-refractivity contribution is 0.238. The van der Waals surface area contributed by atoms with Gasteiger partial charge >= 0.3 is 0 Å². The van der Waals surface area contributed by atoms with Gasteiger partial charge in [-0.05, 0) is 30.5 Å². The number of methoxy groups -OCH3 is 2. The second-order valence-corrected chi connectivity index (χ2v) is 4.27. The van der Waals surface area contributed by atoms with Gasteiger partial charge in [-0.1, -0.05) is 13.0 Å². The Hall–Kier alpha value is -1.26. The quantitative estimate of drug-likeness (QED) is 0.718. The molecule has 0 saturated heterocycles. The maximum absolute atomic E-state index is 5.29. The van der Waals surface area contributed by atoms with E-state index in [-0.39, 0.29) is 0 Å². The van der Waals surface area contributed by atoms with Gasteiger partial charge in [0.1, 0.15) is 0 Å². The average Bonchev–Trinajstić information content (AvgIpc) is 2.42. The van der Waals surface area contributed by atoms with Crippen LogP contribution in [-0.4, -0.2) is 39.4 Å². The lowest BCUT2D eigenvalue weighted by Gasteiger charge is -2.18. The highest BCUT2D eigenvalue weighted by molar-refractivity contribution is 5.42. The van der Waals surface area contributed by atoms with Gasteiger partial charge in [-0.25, -0.2) is 5.01 Å². The number of hydrazine groups is 1. The number of ether oxygens (including phenoxy) is 2. The van der Waals surface area contributed by atoms with Crippen LogP contribution in [-0.2, 0) is 6.42 Å². The molecule has 0 spiro atoms. The Labute approximate surface area is 110 Å². The maximum atomic E-state index is 5.29. The van der Waals surface area contributed by atoms with Crippen molar-refractivity contribution in [2.75, 3.05) is 34.4 Å². The first-order valence-electron chi connectivity index (χ1n) is 6.36. The topological polar surface area (TPSA) is 33.7 Å². The largest absolute Gasteiger partial charge is 0.493 e. The Balaban J connectivity index is 2.52. The molecule has 0 amide bonds. The van der Waals surface area contributed by atoms with E-state index >= 15 is 0 Å². The van der Waals surface area contributed by atoms with Crippen molar-refractivity contribution in [3.63, 3.8) is 0 Å². The Kier molecular flexibility index (Phi) is 6.54. The Morgan fingerprint density at radius 3 is 2.50 bits per heavy atom. The molecule has 0 bridgehead atoms. The van der Waals surface area contributed by atoms with E-state index < -0.39 is 0 Å². The van der Waals surface area contributed by atoms with Crippen molar-refractivity contribution in [2.24, 2.45) is 0 Å². The molecular formula is C14H24N2O2. The first kappa shape index (κ1) is 14.8. The molecular weight excluding hydrogens is 228 g/mol. The van der Waals surface area contributed by atoms with Gasteiger partial charge in [0.25, 0.3) is 0 Å². The summed E-state index contributed by atoms with van der Waals surface area (Å²) in [5.74, 6) is 1.57. The average molecular weight is 252 g/mol. The van der Waals surface area contributed by atoms with E-state index in [1.165, 1.54) is 5.56 Å². The normalized spacial score (nSPS) is 10.7. The third kappa shape index (κ3) is 4.55. The second kappa shape index (κ2) is 7.95. The molecule has 102 valence electrons. The minimum absolute atomic E-state index is 0.777. The predicted molar refractivity (Wildman–Crippen MR) is 74.2 cm³/mol. The first-order chi connectivity index (χ1) is 8.71. The van der Waals surface area contributed by atoms with Crippen LogP contribution < -0.4 is 14.9 Å². The Bertz CT molecular complexity index is 356. The van der Waals surface area contributed by atoms with E-state index in [2.05, 4.69) is 30.5 Å². The minimum atomic E-state index is 0.777. The van der Waals surface area contributed by atoms with Gasteiger partial charge in [0.2, 0.25) is 0 Å². The zero-order chi connectivity index (χ0) is 13.4. The molecule has 0 fully saturated rings. The molecule has 0 aliphatic heterocycles. The summed E-state index contributed by atoms with van der Waals surface area (Å²) in [6.07, 6.45) is 2.12. The standard InChI is InChI=1S/C14H24N2O2/c1-5-9-15-16(2)10-8-12-6-7-13(17-3)14(11-12)18-4/h6-7,11,15H,5,8-10H2,1-4H3. The molecule has 0 aliphatic carbocycles. The van der Waals surface area contributed by atoms with E-state index in [4.69, 9.17) is 9.47 Å². The summed E-state index contributed by atoms with van der Waals surface area (Å²) in [5, 5.41) is 2.13. The molecule has 1 rings (SSSR count). The predicted octanol–water partition coefficient (Wildman–Crippen LogP) is 2.09. The van der Waals surface area contributed by atoms with Crippen LogP contribution in [0.25, 0.3) is 0 Å². The van der Waals surface area contributed by atoms with Gasteiger partial charge in [0.15, 0.2) is 11.5 Å². The summed E-state index contributed by atoms with van der Waals surface area (Å²) < 4.78 is 10.5. The molecule has 18 heavy (non-hydrogen) atoms. The molecule has 1 aromatic rings. The summed E-state index contributed by atoms with van der Waals surface area (Å²) in [4.78, 5) is 0. The summed E-state index contributed by atoms with van der Waals surface area (Å²) in [7, 11) is 5.38. The van der Waals surface area contributed by atoms with Crippen LogP contribution in [0, 0.1) is 0 Å². The van der Waals surface area contributed by atoms with Crippen LogP contribution in [0.2, 0.25) is 0 Å². The van der Waals surface area contributed by atoms with E-state index in [0.29, 0.717) is 0 Å². The Morgan fingerprint density at radius 2 is 1.89 bits per heavy atom. The van der Waals surface area contributed by atoms with Crippen molar-refractivity contribution in [3.05, 3.63) is 23.8 Å². The van der Waals surface area contributed by atoms with Crippen LogP contribution >= 0.6 is 0 Å². The van der Waals surface area contributed by atoms with Crippen LogP contribution in [0.3, 0.4) is 0 Å². The molecule has 0 aliphatic rings. The van der Waals surface area contributed by atoms with Gasteiger partial charge < -0.3 is 9.47 Å². The van der Waals surface area contributed by atoms with Crippen molar-refractivity contribution < 1.29 is 9.47 Å². The molecule has 0 radical (unpaired) electrons. The number of nitrogens with one attached hydrogen (secondary N) is 1. The van der Waals surface area contributed by atoms with E-state index in [0.717, 1.165) is 37.4 Å². The van der Waals surface area contributed by atoms with E-state index in [1.54, 1.807) is 14.2 Å². The number of benzene rings is 1. The van der Waals surface area contributed by atoms with Crippen molar-refractivity contribution in [1.29, 1.82) is 0 Å². The van der Waals surface area contributed by atoms with Gasteiger partial charge in [0.05, 0.1) is 14.2 Å². The van der Waals surface area contributed by atoms with Crippen molar-refractivity contribution in [1.82, 2.24) is 10.4 Å². The van der Waals surface area contributed by atoms with Crippen LogP contribution in [0.1, 0.15) is 18.9 Å². The number of hydrogen-bond acceptors (Lipinski definition) is 4. The molecule has 0 atom stereocenters. The molecule has 0 unspecified atom stereocenters. The molecule has 0 aromatic heterocycles. The number of likely N-dealkylation sites (N-methyl/N-ethyl adjacent to an activating group) is 1. The van der Waals surface area contributed by atoms with Crippen molar-refractivity contribution in [3.8, 4) is 11.5 Å². The highest BCUT2D eigenvalue weighted by Crippen LogP contribution is 2.27. The first-order valence-corrected chi connectivity index (χ1v) is 6.36. The maximum Gasteiger partial charge on any atom is 0.160 e. The molecule has 0 heterocycles. The molecule has 1 aromatic carbocycles. The van der Waals surface area contributed by atoms with Gasteiger partial charge in [0, 0.05) is 20.1 Å². The van der Waals surface area contributed by atoms with E-state index in [1.807, 2.05) is 12.1 Å². The zero-order valence-corrected chi connectivity index (χ0v) is 11.8. The number of nitrogens with zero attached hydrogens (tertiary/aromatic N) is 1. The molecule has 0 saturated carbocycles. The van der Waals surface area contributed by atoms with Crippen molar-refractivity contribution in [2.45, 2.75) is 19.8 Å². The lowest BCUT2D eigenvalue weighted by Crippen LogP contribution is -2.36. The second-order valence-electron chi connectivity index (χ2n) is 4.27. The molecule has 4 nitrogen and oxygen atoms in total. The number of rotatable bonds is 8. The smallest absolute Gasteiger partial charge is 0.160 e. The fraction of sp³-hybridized carbons (Fsp3) is 0.571. The zero-order valence-electron chi connectivity index (χ0n) is 11.8. The van der Waals surface area contributed by atoms with Gasteiger partial charge in [-0.15, -0.1) is 0 Å². The van der Waals surface area contributed by atoms with Gasteiger partial charge in [-0.3, -0.25) is 5.43 Å². The summed E-state index contributed by atoms with van der Waals surface area (Å²) in [6.45, 7) is 4.15. The van der Waals surface area contributed by atoms with Crippen LogP contribution in [0.4, 0.5) is 0 Å². The highest BCUT2D eigenvalue weighted by Gasteiger charge is 2.05. The van der Waals surface area contributed by atoms with Crippen molar-refractivity contribution >= 4 is 0 Å². The third-order valence-electron chi connectivity index (χ3n) is 2.82.